The van der Waals surface area contributed by atoms with Gasteiger partial charge in [0.05, 0.1) is 6.54 Å². The molecule has 0 saturated carbocycles. The molecule has 0 radical (unpaired) electrons. The summed E-state index contributed by atoms with van der Waals surface area (Å²) in [7, 11) is 0. The van der Waals surface area contributed by atoms with Gasteiger partial charge in [0.25, 0.3) is 5.91 Å². The van der Waals surface area contributed by atoms with Crippen molar-refractivity contribution in [1.29, 1.82) is 0 Å². The first kappa shape index (κ1) is 14.9. The smallest absolute Gasteiger partial charge is 0.287 e. The maximum absolute atomic E-state index is 11.9. The van der Waals surface area contributed by atoms with Crippen molar-refractivity contribution in [3.05, 3.63) is 45.7 Å². The zero-order valence-electron chi connectivity index (χ0n) is 11.5. The van der Waals surface area contributed by atoms with Crippen molar-refractivity contribution in [2.75, 3.05) is 6.54 Å². The van der Waals surface area contributed by atoms with E-state index in [2.05, 4.69) is 21.2 Å². The van der Waals surface area contributed by atoms with Crippen molar-refractivity contribution >= 4 is 21.8 Å². The zero-order chi connectivity index (χ0) is 14.9. The summed E-state index contributed by atoms with van der Waals surface area (Å²) in [5.41, 5.74) is -0.544. The van der Waals surface area contributed by atoms with Gasteiger partial charge in [0.2, 0.25) is 0 Å². The summed E-state index contributed by atoms with van der Waals surface area (Å²) in [5, 5.41) is 13.1. The van der Waals surface area contributed by atoms with E-state index >= 15 is 0 Å². The van der Waals surface area contributed by atoms with Crippen LogP contribution in [-0.2, 0) is 5.60 Å². The molecule has 2 N–H and O–H groups in total. The van der Waals surface area contributed by atoms with Crippen LogP contribution in [0.1, 0.15) is 34.6 Å². The number of aryl methyl sites for hydroxylation is 2. The number of halogens is 1. The first-order chi connectivity index (χ1) is 9.29. The second kappa shape index (κ2) is 5.46. The molecule has 5 nitrogen and oxygen atoms in total. The lowest BCUT2D eigenvalue weighted by molar-refractivity contribution is 0.0506. The molecule has 2 heterocycles. The van der Waals surface area contributed by atoms with Crippen LogP contribution >= 0.6 is 15.9 Å². The fourth-order valence-corrected chi connectivity index (χ4v) is 2.34. The van der Waals surface area contributed by atoms with Crippen LogP contribution < -0.4 is 5.32 Å². The van der Waals surface area contributed by atoms with Crippen molar-refractivity contribution in [3.63, 3.8) is 0 Å². The van der Waals surface area contributed by atoms with E-state index in [0.29, 0.717) is 16.0 Å². The van der Waals surface area contributed by atoms with Crippen molar-refractivity contribution in [2.24, 2.45) is 0 Å². The van der Waals surface area contributed by atoms with Crippen LogP contribution in [-0.4, -0.2) is 17.6 Å². The summed E-state index contributed by atoms with van der Waals surface area (Å²) in [6.45, 7) is 5.28. The molecule has 6 heteroatoms. The van der Waals surface area contributed by atoms with Crippen molar-refractivity contribution in [1.82, 2.24) is 5.32 Å². The van der Waals surface area contributed by atoms with E-state index in [0.717, 1.165) is 5.76 Å². The largest absolute Gasteiger partial charge is 0.466 e. The maximum Gasteiger partial charge on any atom is 0.287 e. The number of carbonyl (C=O) groups excluding carboxylic acids is 1. The summed E-state index contributed by atoms with van der Waals surface area (Å²) >= 11 is 3.13. The molecule has 0 aliphatic carbocycles. The highest BCUT2D eigenvalue weighted by Gasteiger charge is 2.28. The first-order valence-corrected chi connectivity index (χ1v) is 6.92. The van der Waals surface area contributed by atoms with Gasteiger partial charge in [-0.25, -0.2) is 0 Å². The Morgan fingerprint density at radius 2 is 2.10 bits per heavy atom. The average molecular weight is 342 g/mol. The SMILES string of the molecule is Cc1cc(C(C)(O)CNC(=O)c2ccc(Br)o2)c(C)o1. The molecule has 0 aliphatic rings. The molecule has 0 fully saturated rings. The Balaban J connectivity index is 2.06. The van der Waals surface area contributed by atoms with Gasteiger partial charge in [-0.15, -0.1) is 0 Å². The number of carbonyl (C=O) groups is 1. The normalized spacial score (nSPS) is 14.1. The molecule has 1 unspecified atom stereocenters. The number of amides is 1. The number of hydrogen-bond donors (Lipinski definition) is 2. The highest BCUT2D eigenvalue weighted by molar-refractivity contribution is 9.10. The van der Waals surface area contributed by atoms with Crippen molar-refractivity contribution in [3.8, 4) is 0 Å². The molecular weight excluding hydrogens is 326 g/mol. The van der Waals surface area contributed by atoms with Crippen LogP contribution in [0.4, 0.5) is 0 Å². The highest BCUT2D eigenvalue weighted by atomic mass is 79.9. The Kier molecular flexibility index (Phi) is 4.06. The van der Waals surface area contributed by atoms with Crippen molar-refractivity contribution < 1.29 is 18.7 Å². The second-order valence-electron chi connectivity index (χ2n) is 4.89. The number of nitrogens with one attached hydrogen (secondary N) is 1. The lowest BCUT2D eigenvalue weighted by Crippen LogP contribution is -2.38. The molecule has 0 aromatic carbocycles. The van der Waals surface area contributed by atoms with E-state index in [4.69, 9.17) is 8.83 Å². The third-order valence-electron chi connectivity index (χ3n) is 3.01. The van der Waals surface area contributed by atoms with E-state index < -0.39 is 5.60 Å². The number of hydrogen-bond acceptors (Lipinski definition) is 4. The topological polar surface area (TPSA) is 75.6 Å². The molecule has 0 bridgehead atoms. The molecule has 2 aromatic rings. The van der Waals surface area contributed by atoms with Gasteiger partial charge >= 0.3 is 0 Å². The quantitative estimate of drug-likeness (QED) is 0.896. The van der Waals surface area contributed by atoms with Gasteiger partial charge in [-0.1, -0.05) is 0 Å². The monoisotopic (exact) mass is 341 g/mol. The number of furan rings is 2. The highest BCUT2D eigenvalue weighted by Crippen LogP contribution is 2.26. The molecule has 20 heavy (non-hydrogen) atoms. The van der Waals surface area contributed by atoms with Gasteiger partial charge < -0.3 is 19.3 Å². The standard InChI is InChI=1S/C14H16BrNO4/c1-8-6-10(9(2)19-8)14(3,18)7-16-13(17)11-4-5-12(15)20-11/h4-6,18H,7H2,1-3H3,(H,16,17). The van der Waals surface area contributed by atoms with Crippen molar-refractivity contribution in [2.45, 2.75) is 26.4 Å². The molecule has 1 amide bonds. The van der Waals surface area contributed by atoms with E-state index in [1.54, 1.807) is 32.0 Å². The van der Waals surface area contributed by atoms with Crippen LogP contribution in [0.3, 0.4) is 0 Å². The molecule has 2 rings (SSSR count). The van der Waals surface area contributed by atoms with Gasteiger partial charge in [0, 0.05) is 5.56 Å². The minimum atomic E-state index is -1.21. The third kappa shape index (κ3) is 3.13. The van der Waals surface area contributed by atoms with Gasteiger partial charge in [-0.05, 0) is 54.9 Å². The summed E-state index contributed by atoms with van der Waals surface area (Å²) < 4.78 is 11.0. The van der Waals surface area contributed by atoms with E-state index in [1.807, 2.05) is 6.92 Å². The Hall–Kier alpha value is -1.53. The molecule has 0 spiro atoms. The average Bonchev–Trinajstić information content (AvgIpc) is 2.93. The first-order valence-electron chi connectivity index (χ1n) is 6.13. The zero-order valence-corrected chi connectivity index (χ0v) is 13.1. The maximum atomic E-state index is 11.9. The summed E-state index contributed by atoms with van der Waals surface area (Å²) in [4.78, 5) is 11.9. The van der Waals surface area contributed by atoms with Gasteiger partial charge in [-0.3, -0.25) is 4.79 Å². The van der Waals surface area contributed by atoms with Gasteiger partial charge in [0.1, 0.15) is 17.1 Å². The fourth-order valence-electron chi connectivity index (χ4n) is 2.04. The van der Waals surface area contributed by atoms with E-state index in [1.165, 1.54) is 0 Å². The Morgan fingerprint density at radius 3 is 2.60 bits per heavy atom. The lowest BCUT2D eigenvalue weighted by Gasteiger charge is -2.23. The minimum Gasteiger partial charge on any atom is -0.466 e. The van der Waals surface area contributed by atoms with Crippen LogP contribution in [0.2, 0.25) is 0 Å². The number of rotatable bonds is 4. The molecular formula is C14H16BrNO4. The van der Waals surface area contributed by atoms with Crippen LogP contribution in [0.25, 0.3) is 0 Å². The summed E-state index contributed by atoms with van der Waals surface area (Å²) in [5.74, 6) is 1.17. The minimum absolute atomic E-state index is 0.0595. The Labute approximate surface area is 125 Å². The fraction of sp³-hybridized carbons (Fsp3) is 0.357. The lowest BCUT2D eigenvalue weighted by atomic mass is 9.96. The predicted octanol–water partition coefficient (Wildman–Crippen LogP) is 2.89. The van der Waals surface area contributed by atoms with Crippen LogP contribution in [0.5, 0.6) is 0 Å². The van der Waals surface area contributed by atoms with Gasteiger partial charge in [-0.2, -0.15) is 0 Å². The van der Waals surface area contributed by atoms with Gasteiger partial charge in [0.15, 0.2) is 10.4 Å². The van der Waals surface area contributed by atoms with E-state index in [9.17, 15) is 9.90 Å². The Bertz CT molecular complexity index is 627. The summed E-state index contributed by atoms with van der Waals surface area (Å²) in [6.07, 6.45) is 0. The molecule has 0 saturated heterocycles. The Morgan fingerprint density at radius 1 is 1.40 bits per heavy atom. The van der Waals surface area contributed by atoms with E-state index in [-0.39, 0.29) is 18.2 Å². The van der Waals surface area contributed by atoms with Crippen LogP contribution in [0.15, 0.2) is 31.7 Å². The second-order valence-corrected chi connectivity index (χ2v) is 5.67. The molecule has 1 atom stereocenters. The van der Waals surface area contributed by atoms with Crippen LogP contribution in [0, 0.1) is 13.8 Å². The number of aliphatic hydroxyl groups is 1. The summed E-state index contributed by atoms with van der Waals surface area (Å²) in [6, 6.07) is 4.96. The molecule has 108 valence electrons. The molecule has 0 aliphatic heterocycles. The predicted molar refractivity (Wildman–Crippen MR) is 76.5 cm³/mol. The third-order valence-corrected chi connectivity index (χ3v) is 3.44. The molecule has 2 aromatic heterocycles.